The maximum absolute atomic E-state index is 11.5. The number of methoxy groups -OCH3 is 1. The molecule has 0 aromatic heterocycles. The fourth-order valence-corrected chi connectivity index (χ4v) is 1.40. The summed E-state index contributed by atoms with van der Waals surface area (Å²) >= 11 is 0. The lowest BCUT2D eigenvalue weighted by Gasteiger charge is -2.21. The fourth-order valence-electron chi connectivity index (χ4n) is 1.40. The van der Waals surface area contributed by atoms with E-state index in [1.54, 1.807) is 7.11 Å². The molecule has 0 aliphatic rings. The summed E-state index contributed by atoms with van der Waals surface area (Å²) in [4.78, 5) is 21.8. The van der Waals surface area contributed by atoms with E-state index in [-0.39, 0.29) is 18.5 Å². The lowest BCUT2D eigenvalue weighted by Crippen LogP contribution is -2.46. The molecular weight excluding hydrogens is 236 g/mol. The van der Waals surface area contributed by atoms with Crippen LogP contribution < -0.4 is 10.6 Å². The average Bonchev–Trinajstić information content (AvgIpc) is 2.27. The van der Waals surface area contributed by atoms with Gasteiger partial charge in [0.1, 0.15) is 0 Å². The van der Waals surface area contributed by atoms with Gasteiger partial charge in [0.15, 0.2) is 0 Å². The van der Waals surface area contributed by atoms with Crippen LogP contribution in [-0.4, -0.2) is 43.4 Å². The van der Waals surface area contributed by atoms with E-state index >= 15 is 0 Å². The van der Waals surface area contributed by atoms with E-state index in [1.807, 2.05) is 13.8 Å². The Hall–Kier alpha value is -1.30. The molecule has 0 aromatic carbocycles. The molecule has 0 saturated carbocycles. The number of carbonyl (C=O) groups is 2. The third kappa shape index (κ3) is 8.81. The van der Waals surface area contributed by atoms with Gasteiger partial charge in [-0.15, -0.1) is 0 Å². The van der Waals surface area contributed by atoms with Crippen molar-refractivity contribution in [2.24, 2.45) is 5.92 Å². The molecule has 2 amide bonds. The van der Waals surface area contributed by atoms with Crippen LogP contribution in [0.4, 0.5) is 4.79 Å². The van der Waals surface area contributed by atoms with Crippen LogP contribution in [-0.2, 0) is 9.53 Å². The van der Waals surface area contributed by atoms with Crippen LogP contribution in [0.5, 0.6) is 0 Å². The van der Waals surface area contributed by atoms with Crippen molar-refractivity contribution in [3.63, 3.8) is 0 Å². The molecule has 6 heteroatoms. The molecule has 0 aliphatic heterocycles. The van der Waals surface area contributed by atoms with Gasteiger partial charge in [0, 0.05) is 20.1 Å². The minimum absolute atomic E-state index is 0.0194. The molecule has 18 heavy (non-hydrogen) atoms. The predicted molar refractivity (Wildman–Crippen MR) is 68.5 cm³/mol. The Morgan fingerprint density at radius 3 is 2.44 bits per heavy atom. The van der Waals surface area contributed by atoms with Gasteiger partial charge >= 0.3 is 12.0 Å². The minimum atomic E-state index is -0.806. The SMILES string of the molecule is COCC(NC(=O)NCCCCC(=O)O)C(C)C. The number of hydrogen-bond acceptors (Lipinski definition) is 3. The van der Waals surface area contributed by atoms with Crippen LogP contribution in [0.2, 0.25) is 0 Å². The van der Waals surface area contributed by atoms with Gasteiger partial charge in [0.05, 0.1) is 12.6 Å². The predicted octanol–water partition coefficient (Wildman–Crippen LogP) is 1.21. The Balaban J connectivity index is 3.71. The first-order valence-corrected chi connectivity index (χ1v) is 6.22. The number of ether oxygens (including phenoxy) is 1. The number of urea groups is 1. The zero-order valence-electron chi connectivity index (χ0n) is 11.4. The summed E-state index contributed by atoms with van der Waals surface area (Å²) in [6.45, 7) is 4.98. The van der Waals surface area contributed by atoms with Crippen molar-refractivity contribution >= 4 is 12.0 Å². The topological polar surface area (TPSA) is 87.7 Å². The van der Waals surface area contributed by atoms with Crippen LogP contribution in [0.15, 0.2) is 0 Å². The van der Waals surface area contributed by atoms with E-state index in [4.69, 9.17) is 9.84 Å². The monoisotopic (exact) mass is 260 g/mol. The molecule has 6 nitrogen and oxygen atoms in total. The van der Waals surface area contributed by atoms with Crippen molar-refractivity contribution in [3.8, 4) is 0 Å². The molecule has 0 radical (unpaired) electrons. The van der Waals surface area contributed by atoms with Crippen LogP contribution in [0.25, 0.3) is 0 Å². The summed E-state index contributed by atoms with van der Waals surface area (Å²) in [6, 6.07) is -0.255. The molecule has 0 rings (SSSR count). The van der Waals surface area contributed by atoms with E-state index in [1.165, 1.54) is 0 Å². The normalized spacial score (nSPS) is 12.2. The van der Waals surface area contributed by atoms with Crippen molar-refractivity contribution in [3.05, 3.63) is 0 Å². The first kappa shape index (κ1) is 16.7. The number of hydrogen-bond donors (Lipinski definition) is 3. The molecule has 0 bridgehead atoms. The first-order chi connectivity index (χ1) is 8.47. The average molecular weight is 260 g/mol. The quantitative estimate of drug-likeness (QED) is 0.544. The Labute approximate surface area is 108 Å². The molecule has 3 N–H and O–H groups in total. The summed E-state index contributed by atoms with van der Waals surface area (Å²) in [5.41, 5.74) is 0. The molecule has 0 aromatic rings. The largest absolute Gasteiger partial charge is 0.481 e. The zero-order chi connectivity index (χ0) is 14.0. The molecular formula is C12H24N2O4. The maximum atomic E-state index is 11.5. The Kier molecular flexibility index (Phi) is 9.00. The lowest BCUT2D eigenvalue weighted by atomic mass is 10.1. The van der Waals surface area contributed by atoms with Crippen LogP contribution in [0.1, 0.15) is 33.1 Å². The van der Waals surface area contributed by atoms with E-state index in [9.17, 15) is 9.59 Å². The minimum Gasteiger partial charge on any atom is -0.481 e. The molecule has 1 atom stereocenters. The van der Waals surface area contributed by atoms with Gasteiger partial charge in [-0.1, -0.05) is 13.8 Å². The summed E-state index contributed by atoms with van der Waals surface area (Å²) in [7, 11) is 1.60. The highest BCUT2D eigenvalue weighted by molar-refractivity contribution is 5.74. The van der Waals surface area contributed by atoms with Gasteiger partial charge in [0.25, 0.3) is 0 Å². The number of carboxylic acids is 1. The van der Waals surface area contributed by atoms with Gasteiger partial charge in [-0.3, -0.25) is 4.79 Å². The second-order valence-electron chi connectivity index (χ2n) is 4.56. The van der Waals surface area contributed by atoms with Gasteiger partial charge < -0.3 is 20.5 Å². The zero-order valence-corrected chi connectivity index (χ0v) is 11.4. The van der Waals surface area contributed by atoms with Crippen molar-refractivity contribution < 1.29 is 19.4 Å². The Morgan fingerprint density at radius 2 is 1.94 bits per heavy atom. The van der Waals surface area contributed by atoms with Crippen LogP contribution >= 0.6 is 0 Å². The van der Waals surface area contributed by atoms with Crippen molar-refractivity contribution in [2.75, 3.05) is 20.3 Å². The summed E-state index contributed by atoms with van der Waals surface area (Å²) < 4.78 is 5.03. The molecule has 106 valence electrons. The Bertz CT molecular complexity index is 256. The van der Waals surface area contributed by atoms with Crippen LogP contribution in [0, 0.1) is 5.92 Å². The van der Waals surface area contributed by atoms with Crippen LogP contribution in [0.3, 0.4) is 0 Å². The smallest absolute Gasteiger partial charge is 0.315 e. The van der Waals surface area contributed by atoms with Gasteiger partial charge in [-0.25, -0.2) is 4.79 Å². The number of carboxylic acid groups (broad SMARTS) is 1. The standard InChI is InChI=1S/C12H24N2O4/c1-9(2)10(8-18-3)14-12(17)13-7-5-4-6-11(15)16/h9-10H,4-8H2,1-3H3,(H,15,16)(H2,13,14,17). The molecule has 0 saturated heterocycles. The number of rotatable bonds is 9. The first-order valence-electron chi connectivity index (χ1n) is 6.22. The number of carbonyl (C=O) groups excluding carboxylic acids is 1. The summed E-state index contributed by atoms with van der Waals surface area (Å²) in [5.74, 6) is -0.512. The van der Waals surface area contributed by atoms with E-state index < -0.39 is 5.97 Å². The maximum Gasteiger partial charge on any atom is 0.315 e. The molecule has 0 spiro atoms. The third-order valence-electron chi connectivity index (χ3n) is 2.57. The number of amides is 2. The van der Waals surface area contributed by atoms with Crippen molar-refractivity contribution in [2.45, 2.75) is 39.2 Å². The highest BCUT2D eigenvalue weighted by Crippen LogP contribution is 2.01. The number of unbranched alkanes of at least 4 members (excludes halogenated alkanes) is 1. The van der Waals surface area contributed by atoms with Gasteiger partial charge in [-0.05, 0) is 18.8 Å². The van der Waals surface area contributed by atoms with E-state index in [0.717, 1.165) is 0 Å². The molecule has 0 aliphatic carbocycles. The van der Waals surface area contributed by atoms with E-state index in [0.29, 0.717) is 31.9 Å². The fraction of sp³-hybridized carbons (Fsp3) is 0.833. The summed E-state index contributed by atoms with van der Waals surface area (Å²) in [5, 5.41) is 14.0. The van der Waals surface area contributed by atoms with Crippen molar-refractivity contribution in [1.29, 1.82) is 0 Å². The highest BCUT2D eigenvalue weighted by atomic mass is 16.5. The van der Waals surface area contributed by atoms with E-state index in [2.05, 4.69) is 10.6 Å². The third-order valence-corrected chi connectivity index (χ3v) is 2.57. The highest BCUT2D eigenvalue weighted by Gasteiger charge is 2.15. The summed E-state index contributed by atoms with van der Waals surface area (Å²) in [6.07, 6.45) is 1.37. The molecule has 0 fully saturated rings. The molecule has 0 heterocycles. The Morgan fingerprint density at radius 1 is 1.28 bits per heavy atom. The number of aliphatic carboxylic acids is 1. The lowest BCUT2D eigenvalue weighted by molar-refractivity contribution is -0.137. The van der Waals surface area contributed by atoms with Crippen molar-refractivity contribution in [1.82, 2.24) is 10.6 Å². The molecule has 1 unspecified atom stereocenters. The van der Waals surface area contributed by atoms with Gasteiger partial charge in [0.2, 0.25) is 0 Å². The van der Waals surface area contributed by atoms with Gasteiger partial charge in [-0.2, -0.15) is 0 Å². The second kappa shape index (κ2) is 9.70. The number of nitrogens with one attached hydrogen (secondary N) is 2. The second-order valence-corrected chi connectivity index (χ2v) is 4.56.